The first kappa shape index (κ1) is 14.3. The van der Waals surface area contributed by atoms with Crippen LogP contribution < -0.4 is 0 Å². The third kappa shape index (κ3) is 5.39. The molecule has 0 saturated heterocycles. The normalized spacial score (nSPS) is 15.0. The molecule has 5 heteroatoms. The molecule has 0 saturated carbocycles. The Bertz CT molecular complexity index is 396. The second-order valence-corrected chi connectivity index (χ2v) is 6.30. The first-order valence-electron chi connectivity index (χ1n) is 5.28. The lowest BCUT2D eigenvalue weighted by atomic mass is 10.3. The van der Waals surface area contributed by atoms with Crippen molar-refractivity contribution in [3.63, 3.8) is 0 Å². The maximum Gasteiger partial charge on any atom is 0.328 e. The van der Waals surface area contributed by atoms with Crippen molar-refractivity contribution in [3.8, 4) is 0 Å². The number of carboxylic acids is 1. The molecule has 1 aromatic rings. The third-order valence-electron chi connectivity index (χ3n) is 2.24. The van der Waals surface area contributed by atoms with E-state index in [0.29, 0.717) is 0 Å². The fourth-order valence-corrected chi connectivity index (χ4v) is 3.02. The molecule has 2 unspecified atom stereocenters. The minimum atomic E-state index is -0.933. The van der Waals surface area contributed by atoms with Crippen LogP contribution in [0.1, 0.15) is 23.6 Å². The number of aliphatic hydroxyl groups is 1. The summed E-state index contributed by atoms with van der Waals surface area (Å²) in [5.41, 5.74) is 0. The lowest BCUT2D eigenvalue weighted by Gasteiger charge is -2.12. The molecule has 0 bridgehead atoms. The van der Waals surface area contributed by atoms with Gasteiger partial charge in [-0.3, -0.25) is 0 Å². The average Bonchev–Trinajstić information content (AvgIpc) is 2.70. The summed E-state index contributed by atoms with van der Waals surface area (Å²) in [6.07, 6.45) is 2.42. The summed E-state index contributed by atoms with van der Waals surface area (Å²) >= 11 is 3.27. The van der Waals surface area contributed by atoms with E-state index in [1.54, 1.807) is 36.1 Å². The Hall–Kier alpha value is -0.780. The highest BCUT2D eigenvalue weighted by Crippen LogP contribution is 2.25. The highest BCUT2D eigenvalue weighted by Gasteiger charge is 2.09. The van der Waals surface area contributed by atoms with Gasteiger partial charge in [0.1, 0.15) is 0 Å². The van der Waals surface area contributed by atoms with Crippen LogP contribution in [0.2, 0.25) is 0 Å². The molecular weight excluding hydrogens is 256 g/mol. The Morgan fingerprint density at radius 1 is 1.53 bits per heavy atom. The molecule has 17 heavy (non-hydrogen) atoms. The summed E-state index contributed by atoms with van der Waals surface area (Å²) in [5, 5.41) is 18.1. The fraction of sp³-hybridized carbons (Fsp3) is 0.417. The summed E-state index contributed by atoms with van der Waals surface area (Å²) < 4.78 is 0. The van der Waals surface area contributed by atoms with Crippen LogP contribution in [0.15, 0.2) is 18.2 Å². The van der Waals surface area contributed by atoms with Gasteiger partial charge in [-0.2, -0.15) is 11.8 Å². The number of rotatable bonds is 6. The van der Waals surface area contributed by atoms with Gasteiger partial charge >= 0.3 is 5.97 Å². The van der Waals surface area contributed by atoms with Crippen molar-refractivity contribution in [1.29, 1.82) is 0 Å². The van der Waals surface area contributed by atoms with Crippen LogP contribution in [0, 0.1) is 0 Å². The van der Waals surface area contributed by atoms with Crippen LogP contribution in [0.4, 0.5) is 0 Å². The van der Waals surface area contributed by atoms with E-state index in [-0.39, 0.29) is 11.4 Å². The Morgan fingerprint density at radius 3 is 2.82 bits per heavy atom. The maximum atomic E-state index is 10.4. The van der Waals surface area contributed by atoms with E-state index in [9.17, 15) is 9.90 Å². The zero-order valence-electron chi connectivity index (χ0n) is 9.79. The Morgan fingerprint density at radius 2 is 2.24 bits per heavy atom. The number of carboxylic acid groups (broad SMARTS) is 1. The summed E-state index contributed by atoms with van der Waals surface area (Å²) in [5.74, 6) is -0.0884. The van der Waals surface area contributed by atoms with E-state index in [2.05, 4.69) is 0 Å². The third-order valence-corrected chi connectivity index (χ3v) is 4.87. The van der Waals surface area contributed by atoms with Gasteiger partial charge in [0.2, 0.25) is 0 Å². The van der Waals surface area contributed by atoms with Crippen molar-refractivity contribution in [2.45, 2.75) is 31.0 Å². The highest BCUT2D eigenvalue weighted by molar-refractivity contribution is 7.99. The second kappa shape index (κ2) is 6.83. The van der Waals surface area contributed by atoms with Gasteiger partial charge in [-0.05, 0) is 25.1 Å². The minimum Gasteiger partial charge on any atom is -0.478 e. The predicted molar refractivity (Wildman–Crippen MR) is 73.4 cm³/mol. The molecule has 0 aliphatic heterocycles. The lowest BCUT2D eigenvalue weighted by Crippen LogP contribution is -2.15. The first-order chi connectivity index (χ1) is 7.99. The smallest absolute Gasteiger partial charge is 0.328 e. The van der Waals surface area contributed by atoms with Gasteiger partial charge in [-0.1, -0.05) is 6.92 Å². The Labute approximate surface area is 109 Å². The van der Waals surface area contributed by atoms with Gasteiger partial charge < -0.3 is 10.2 Å². The summed E-state index contributed by atoms with van der Waals surface area (Å²) in [6.45, 7) is 3.78. The van der Waals surface area contributed by atoms with Crippen molar-refractivity contribution < 1.29 is 15.0 Å². The molecule has 0 amide bonds. The molecule has 0 spiro atoms. The summed E-state index contributed by atoms with van der Waals surface area (Å²) in [7, 11) is 0. The second-order valence-electron chi connectivity index (χ2n) is 3.73. The van der Waals surface area contributed by atoms with Crippen LogP contribution in [-0.4, -0.2) is 27.5 Å². The van der Waals surface area contributed by atoms with Crippen molar-refractivity contribution in [2.24, 2.45) is 0 Å². The molecule has 2 atom stereocenters. The number of aliphatic carboxylic acids is 1. The molecule has 1 rings (SSSR count). The molecule has 1 aromatic heterocycles. The van der Waals surface area contributed by atoms with Crippen LogP contribution in [0.25, 0.3) is 6.08 Å². The molecule has 0 aromatic carbocycles. The molecule has 1 heterocycles. The molecule has 94 valence electrons. The standard InChI is InChI=1S/C12H16O3S2/c1-8(13)9(2)16-7-11-4-3-10(17-11)5-6-12(14)15/h3-6,8-9,13H,7H2,1-2H3,(H,14,15)/b6-5+. The van der Waals surface area contributed by atoms with E-state index in [1.807, 2.05) is 19.1 Å². The number of thiophene rings is 1. The minimum absolute atomic E-state index is 0.204. The van der Waals surface area contributed by atoms with E-state index < -0.39 is 5.97 Å². The predicted octanol–water partition coefficient (Wildman–Crippen LogP) is 2.85. The van der Waals surface area contributed by atoms with E-state index in [0.717, 1.165) is 16.7 Å². The summed E-state index contributed by atoms with van der Waals surface area (Å²) in [6, 6.07) is 3.90. The van der Waals surface area contributed by atoms with Crippen molar-refractivity contribution in [3.05, 3.63) is 28.0 Å². The lowest BCUT2D eigenvalue weighted by molar-refractivity contribution is -0.131. The molecule has 2 N–H and O–H groups in total. The van der Waals surface area contributed by atoms with Gasteiger partial charge in [0, 0.05) is 26.8 Å². The van der Waals surface area contributed by atoms with Gasteiger partial charge in [0.25, 0.3) is 0 Å². The van der Waals surface area contributed by atoms with Gasteiger partial charge in [0.15, 0.2) is 0 Å². The fourth-order valence-electron chi connectivity index (χ4n) is 1.07. The number of thioether (sulfide) groups is 1. The van der Waals surface area contributed by atoms with E-state index in [4.69, 9.17) is 5.11 Å². The van der Waals surface area contributed by atoms with Crippen molar-refractivity contribution in [1.82, 2.24) is 0 Å². The Kier molecular flexibility index (Phi) is 5.74. The molecule has 0 aliphatic carbocycles. The largest absolute Gasteiger partial charge is 0.478 e. The van der Waals surface area contributed by atoms with Crippen molar-refractivity contribution in [2.75, 3.05) is 0 Å². The number of hydrogen-bond acceptors (Lipinski definition) is 4. The summed E-state index contributed by atoms with van der Waals surface area (Å²) in [4.78, 5) is 12.5. The quantitative estimate of drug-likeness (QED) is 0.782. The average molecular weight is 272 g/mol. The highest BCUT2D eigenvalue weighted by atomic mass is 32.2. The van der Waals surface area contributed by atoms with Crippen LogP contribution in [0.5, 0.6) is 0 Å². The van der Waals surface area contributed by atoms with Crippen molar-refractivity contribution >= 4 is 35.1 Å². The number of carbonyl (C=O) groups is 1. The molecule has 0 aliphatic rings. The van der Waals surface area contributed by atoms with E-state index in [1.165, 1.54) is 4.88 Å². The monoisotopic (exact) mass is 272 g/mol. The van der Waals surface area contributed by atoms with Gasteiger partial charge in [0.05, 0.1) is 6.10 Å². The molecule has 3 nitrogen and oxygen atoms in total. The SMILES string of the molecule is CC(O)C(C)SCc1ccc(/C=C/C(=O)O)s1. The zero-order valence-corrected chi connectivity index (χ0v) is 11.4. The van der Waals surface area contributed by atoms with Crippen LogP contribution in [0.3, 0.4) is 0 Å². The van der Waals surface area contributed by atoms with Gasteiger partial charge in [-0.15, -0.1) is 11.3 Å². The van der Waals surface area contributed by atoms with Crippen LogP contribution >= 0.6 is 23.1 Å². The maximum absolute atomic E-state index is 10.4. The molecule has 0 fully saturated rings. The topological polar surface area (TPSA) is 57.5 Å². The van der Waals surface area contributed by atoms with Gasteiger partial charge in [-0.25, -0.2) is 4.79 Å². The Balaban J connectivity index is 2.48. The van der Waals surface area contributed by atoms with E-state index >= 15 is 0 Å². The number of hydrogen-bond donors (Lipinski definition) is 2. The van der Waals surface area contributed by atoms with Crippen LogP contribution in [-0.2, 0) is 10.5 Å². The zero-order chi connectivity index (χ0) is 12.8. The first-order valence-corrected chi connectivity index (χ1v) is 7.15. The molecule has 0 radical (unpaired) electrons. The molecular formula is C12H16O3S2. The number of aliphatic hydroxyl groups excluding tert-OH is 1.